The van der Waals surface area contributed by atoms with E-state index in [1.165, 1.54) is 25.7 Å². The highest BCUT2D eigenvalue weighted by molar-refractivity contribution is 7.99. The summed E-state index contributed by atoms with van der Waals surface area (Å²) in [6.45, 7) is 3.69. The molecule has 1 heterocycles. The highest BCUT2D eigenvalue weighted by Gasteiger charge is 2.16. The zero-order valence-corrected chi connectivity index (χ0v) is 11.3. The van der Waals surface area contributed by atoms with Gasteiger partial charge in [0.05, 0.1) is 11.9 Å². The molecule has 1 atom stereocenters. The van der Waals surface area contributed by atoms with E-state index in [0.29, 0.717) is 0 Å². The Morgan fingerprint density at radius 1 is 1.47 bits per heavy atom. The Morgan fingerprint density at radius 3 is 2.76 bits per heavy atom. The number of aliphatic hydroxyl groups is 1. The van der Waals surface area contributed by atoms with Crippen LogP contribution in [0.25, 0.3) is 0 Å². The minimum atomic E-state index is -0.480. The van der Waals surface area contributed by atoms with E-state index in [1.54, 1.807) is 13.1 Å². The predicted octanol–water partition coefficient (Wildman–Crippen LogP) is 3.01. The third-order valence-electron chi connectivity index (χ3n) is 3.27. The molecule has 0 amide bonds. The van der Waals surface area contributed by atoms with Crippen LogP contribution in [0.15, 0.2) is 6.20 Å². The maximum atomic E-state index is 9.51. The molecule has 1 aromatic heterocycles. The first kappa shape index (κ1) is 12.8. The van der Waals surface area contributed by atoms with E-state index in [-0.39, 0.29) is 0 Å². The number of hydrogen-bond donors (Lipinski definition) is 1. The predicted molar refractivity (Wildman–Crippen MR) is 71.0 cm³/mol. The summed E-state index contributed by atoms with van der Waals surface area (Å²) in [6, 6.07) is 0. The molecule has 0 saturated heterocycles. The SMILES string of the molecule is Cc1nc(CSC2CCCC2)ncc1[C@H](C)O. The van der Waals surface area contributed by atoms with Gasteiger partial charge in [-0.3, -0.25) is 0 Å². The zero-order chi connectivity index (χ0) is 12.3. The summed E-state index contributed by atoms with van der Waals surface area (Å²) in [6.07, 6.45) is 6.71. The molecule has 1 fully saturated rings. The number of hydrogen-bond acceptors (Lipinski definition) is 4. The lowest BCUT2D eigenvalue weighted by molar-refractivity contribution is 0.197. The number of aryl methyl sites for hydroxylation is 1. The monoisotopic (exact) mass is 252 g/mol. The Morgan fingerprint density at radius 2 is 2.18 bits per heavy atom. The largest absolute Gasteiger partial charge is 0.389 e. The van der Waals surface area contributed by atoms with Gasteiger partial charge < -0.3 is 5.11 Å². The number of aliphatic hydroxyl groups excluding tert-OH is 1. The fourth-order valence-electron chi connectivity index (χ4n) is 2.25. The number of nitrogens with zero attached hydrogens (tertiary/aromatic N) is 2. The maximum absolute atomic E-state index is 9.51. The molecule has 3 nitrogen and oxygen atoms in total. The van der Waals surface area contributed by atoms with Gasteiger partial charge in [-0.05, 0) is 26.7 Å². The average Bonchev–Trinajstić information content (AvgIpc) is 2.78. The highest BCUT2D eigenvalue weighted by atomic mass is 32.2. The van der Waals surface area contributed by atoms with Gasteiger partial charge in [0, 0.05) is 22.7 Å². The standard InChI is InChI=1S/C13H20N2OS/c1-9-12(10(2)16)7-14-13(15-9)8-17-11-5-3-4-6-11/h7,10-11,16H,3-6,8H2,1-2H3/t10-/m0/s1. The van der Waals surface area contributed by atoms with Gasteiger partial charge in [0.25, 0.3) is 0 Å². The van der Waals surface area contributed by atoms with E-state index in [4.69, 9.17) is 0 Å². The molecule has 1 aromatic rings. The van der Waals surface area contributed by atoms with Gasteiger partial charge in [-0.1, -0.05) is 12.8 Å². The molecule has 1 N–H and O–H groups in total. The van der Waals surface area contributed by atoms with Crippen LogP contribution in [0.1, 0.15) is 55.8 Å². The Hall–Kier alpha value is -0.610. The Labute approximate surface area is 107 Å². The van der Waals surface area contributed by atoms with Crippen LogP contribution >= 0.6 is 11.8 Å². The van der Waals surface area contributed by atoms with Crippen molar-refractivity contribution in [3.05, 3.63) is 23.3 Å². The van der Waals surface area contributed by atoms with E-state index in [0.717, 1.165) is 28.1 Å². The minimum Gasteiger partial charge on any atom is -0.389 e. The first-order valence-corrected chi connectivity index (χ1v) is 7.34. The summed E-state index contributed by atoms with van der Waals surface area (Å²) in [4.78, 5) is 8.79. The molecule has 1 saturated carbocycles. The number of rotatable bonds is 4. The second-order valence-corrected chi connectivity index (χ2v) is 6.01. The smallest absolute Gasteiger partial charge is 0.138 e. The van der Waals surface area contributed by atoms with Crippen LogP contribution in [-0.4, -0.2) is 20.3 Å². The van der Waals surface area contributed by atoms with Crippen molar-refractivity contribution in [3.63, 3.8) is 0 Å². The van der Waals surface area contributed by atoms with Crippen molar-refractivity contribution in [2.45, 2.75) is 56.6 Å². The van der Waals surface area contributed by atoms with Crippen LogP contribution < -0.4 is 0 Å². The summed E-state index contributed by atoms with van der Waals surface area (Å²) >= 11 is 1.97. The third kappa shape index (κ3) is 3.42. The summed E-state index contributed by atoms with van der Waals surface area (Å²) in [5.74, 6) is 1.79. The van der Waals surface area contributed by atoms with E-state index in [2.05, 4.69) is 9.97 Å². The normalized spacial score (nSPS) is 18.5. The zero-order valence-electron chi connectivity index (χ0n) is 10.5. The topological polar surface area (TPSA) is 46.0 Å². The van der Waals surface area contributed by atoms with E-state index in [1.807, 2.05) is 18.7 Å². The van der Waals surface area contributed by atoms with Crippen molar-refractivity contribution in [2.75, 3.05) is 0 Å². The lowest BCUT2D eigenvalue weighted by Gasteiger charge is -2.10. The molecule has 0 aliphatic heterocycles. The molecule has 0 bridgehead atoms. The van der Waals surface area contributed by atoms with Gasteiger partial charge in [0.15, 0.2) is 0 Å². The molecule has 4 heteroatoms. The van der Waals surface area contributed by atoms with Gasteiger partial charge in [-0.15, -0.1) is 0 Å². The van der Waals surface area contributed by atoms with Crippen molar-refractivity contribution in [1.82, 2.24) is 9.97 Å². The summed E-state index contributed by atoms with van der Waals surface area (Å²) in [5, 5.41) is 10.3. The second-order valence-electron chi connectivity index (χ2n) is 4.72. The fourth-order valence-corrected chi connectivity index (χ4v) is 3.44. The van der Waals surface area contributed by atoms with Crippen LogP contribution in [0.2, 0.25) is 0 Å². The second kappa shape index (κ2) is 5.83. The molecule has 1 aliphatic carbocycles. The maximum Gasteiger partial charge on any atom is 0.138 e. The molecule has 94 valence electrons. The summed E-state index contributed by atoms with van der Waals surface area (Å²) < 4.78 is 0. The molecule has 0 radical (unpaired) electrons. The van der Waals surface area contributed by atoms with Gasteiger partial charge in [0.2, 0.25) is 0 Å². The van der Waals surface area contributed by atoms with Crippen molar-refractivity contribution in [1.29, 1.82) is 0 Å². The molecule has 0 spiro atoms. The van der Waals surface area contributed by atoms with Crippen LogP contribution in [0.5, 0.6) is 0 Å². The van der Waals surface area contributed by atoms with Gasteiger partial charge in [-0.25, -0.2) is 9.97 Å². The molecular formula is C13H20N2OS. The summed E-state index contributed by atoms with van der Waals surface area (Å²) in [7, 11) is 0. The number of aromatic nitrogens is 2. The minimum absolute atomic E-state index is 0.480. The summed E-state index contributed by atoms with van der Waals surface area (Å²) in [5.41, 5.74) is 1.73. The Kier molecular flexibility index (Phi) is 4.40. The molecule has 0 aromatic carbocycles. The van der Waals surface area contributed by atoms with Gasteiger partial charge >= 0.3 is 0 Å². The van der Waals surface area contributed by atoms with E-state index >= 15 is 0 Å². The number of thioether (sulfide) groups is 1. The van der Waals surface area contributed by atoms with Crippen LogP contribution in [0.3, 0.4) is 0 Å². The molecule has 17 heavy (non-hydrogen) atoms. The quantitative estimate of drug-likeness (QED) is 0.894. The van der Waals surface area contributed by atoms with Crippen LogP contribution in [0.4, 0.5) is 0 Å². The lowest BCUT2D eigenvalue weighted by atomic mass is 10.1. The van der Waals surface area contributed by atoms with Gasteiger partial charge in [0.1, 0.15) is 5.82 Å². The Balaban J connectivity index is 1.94. The van der Waals surface area contributed by atoms with Gasteiger partial charge in [-0.2, -0.15) is 11.8 Å². The molecular weight excluding hydrogens is 232 g/mol. The molecule has 0 unspecified atom stereocenters. The van der Waals surface area contributed by atoms with Crippen molar-refractivity contribution in [3.8, 4) is 0 Å². The van der Waals surface area contributed by atoms with Crippen LogP contribution in [0, 0.1) is 6.92 Å². The molecule has 1 aliphatic rings. The van der Waals surface area contributed by atoms with E-state index < -0.39 is 6.10 Å². The van der Waals surface area contributed by atoms with Crippen molar-refractivity contribution >= 4 is 11.8 Å². The Bertz CT molecular complexity index is 376. The average molecular weight is 252 g/mol. The van der Waals surface area contributed by atoms with Crippen molar-refractivity contribution < 1.29 is 5.11 Å². The van der Waals surface area contributed by atoms with Crippen molar-refractivity contribution in [2.24, 2.45) is 0 Å². The van der Waals surface area contributed by atoms with Crippen LogP contribution in [-0.2, 0) is 5.75 Å². The highest BCUT2D eigenvalue weighted by Crippen LogP contribution is 2.31. The van der Waals surface area contributed by atoms with E-state index in [9.17, 15) is 5.11 Å². The first-order valence-electron chi connectivity index (χ1n) is 6.29. The first-order chi connectivity index (χ1) is 8.16. The lowest BCUT2D eigenvalue weighted by Crippen LogP contribution is -2.04. The third-order valence-corrected chi connectivity index (χ3v) is 4.64. The molecule has 2 rings (SSSR count). The fraction of sp³-hybridized carbons (Fsp3) is 0.692.